The van der Waals surface area contributed by atoms with Crippen LogP contribution in [0.1, 0.15) is 32.1 Å². The van der Waals surface area contributed by atoms with Crippen molar-refractivity contribution >= 4 is 5.69 Å². The lowest BCUT2D eigenvalue weighted by Gasteiger charge is -2.22. The van der Waals surface area contributed by atoms with Crippen molar-refractivity contribution in [3.8, 4) is 11.8 Å². The van der Waals surface area contributed by atoms with Crippen LogP contribution in [0.5, 0.6) is 5.75 Å². The molecule has 0 heterocycles. The number of ether oxygens (including phenoxy) is 1. The van der Waals surface area contributed by atoms with E-state index in [-0.39, 0.29) is 11.8 Å². The maximum atomic E-state index is 10.6. The Kier molecular flexibility index (Phi) is 3.52. The predicted molar refractivity (Wildman–Crippen MR) is 75.9 cm³/mol. The van der Waals surface area contributed by atoms with E-state index in [0.717, 1.165) is 25.7 Å². The molecular weight excluding hydrogens is 270 g/mol. The van der Waals surface area contributed by atoms with Gasteiger partial charge in [0.2, 0.25) is 0 Å². The molecule has 0 aromatic heterocycles. The van der Waals surface area contributed by atoms with Gasteiger partial charge in [0.15, 0.2) is 0 Å². The second kappa shape index (κ2) is 5.34. The van der Waals surface area contributed by atoms with Gasteiger partial charge in [0.25, 0.3) is 5.69 Å². The molecule has 0 amide bonds. The molecule has 1 aromatic carbocycles. The quantitative estimate of drug-likeness (QED) is 0.664. The Balaban J connectivity index is 1.61. The molecule has 0 aliphatic heterocycles. The highest BCUT2D eigenvalue weighted by Gasteiger charge is 2.43. The number of nitro groups is 1. The minimum Gasteiger partial charge on any atom is -0.490 e. The zero-order valence-corrected chi connectivity index (χ0v) is 11.6. The normalized spacial score (nSPS) is 28.0. The van der Waals surface area contributed by atoms with Crippen LogP contribution in [0.4, 0.5) is 5.69 Å². The number of nitriles is 1. The molecule has 2 aliphatic rings. The highest BCUT2D eigenvalue weighted by atomic mass is 16.6. The van der Waals surface area contributed by atoms with E-state index < -0.39 is 10.5 Å². The van der Waals surface area contributed by atoms with Crippen LogP contribution in [-0.2, 0) is 0 Å². The highest BCUT2D eigenvalue weighted by Crippen LogP contribution is 2.35. The molecule has 6 heteroatoms. The van der Waals surface area contributed by atoms with Crippen molar-refractivity contribution in [3.63, 3.8) is 0 Å². The van der Waals surface area contributed by atoms with E-state index in [0.29, 0.717) is 18.2 Å². The fourth-order valence-electron chi connectivity index (χ4n) is 2.82. The van der Waals surface area contributed by atoms with Gasteiger partial charge >= 0.3 is 0 Å². The molecule has 0 bridgehead atoms. The van der Waals surface area contributed by atoms with Crippen LogP contribution in [0, 0.1) is 21.4 Å². The van der Waals surface area contributed by atoms with E-state index in [1.165, 1.54) is 12.1 Å². The highest BCUT2D eigenvalue weighted by molar-refractivity contribution is 5.36. The van der Waals surface area contributed by atoms with Crippen LogP contribution in [0.2, 0.25) is 0 Å². The van der Waals surface area contributed by atoms with Crippen LogP contribution in [0.15, 0.2) is 24.3 Å². The second-order valence-corrected chi connectivity index (χ2v) is 5.85. The number of hydrogen-bond donors (Lipinski definition) is 1. The number of benzene rings is 1. The Bertz CT molecular complexity index is 577. The van der Waals surface area contributed by atoms with Crippen LogP contribution in [-0.4, -0.2) is 22.6 Å². The van der Waals surface area contributed by atoms with Crippen molar-refractivity contribution in [2.45, 2.75) is 49.8 Å². The minimum absolute atomic E-state index is 0.0163. The summed E-state index contributed by atoms with van der Waals surface area (Å²) in [5, 5.41) is 23.5. The summed E-state index contributed by atoms with van der Waals surface area (Å²) in [6.45, 7) is 0. The topological polar surface area (TPSA) is 88.2 Å². The first-order valence-electron chi connectivity index (χ1n) is 7.20. The van der Waals surface area contributed by atoms with Crippen molar-refractivity contribution in [2.24, 2.45) is 0 Å². The van der Waals surface area contributed by atoms with Crippen LogP contribution >= 0.6 is 0 Å². The zero-order chi connectivity index (χ0) is 14.9. The Morgan fingerprint density at radius 1 is 1.33 bits per heavy atom. The molecule has 2 fully saturated rings. The van der Waals surface area contributed by atoms with E-state index in [1.807, 2.05) is 0 Å². The summed E-state index contributed by atoms with van der Waals surface area (Å²) in [6.07, 6.45) is 4.56. The summed E-state index contributed by atoms with van der Waals surface area (Å²) in [5.41, 5.74) is -0.414. The fraction of sp³-hybridized carbons (Fsp3) is 0.533. The van der Waals surface area contributed by atoms with E-state index >= 15 is 0 Å². The molecule has 2 aliphatic carbocycles. The third-order valence-electron chi connectivity index (χ3n) is 4.09. The molecule has 1 N–H and O–H groups in total. The molecule has 110 valence electrons. The summed E-state index contributed by atoms with van der Waals surface area (Å²) < 4.78 is 5.86. The summed E-state index contributed by atoms with van der Waals surface area (Å²) in [5.74, 6) is 0.616. The SMILES string of the molecule is N#CC1(NC2CC2)CCC(Oc2ccc([N+](=O)[O-])cc2)C1. The van der Waals surface area contributed by atoms with Gasteiger partial charge in [-0.1, -0.05) is 0 Å². The molecule has 0 spiro atoms. The lowest BCUT2D eigenvalue weighted by atomic mass is 9.99. The largest absolute Gasteiger partial charge is 0.490 e. The average Bonchev–Trinajstić information content (AvgIpc) is 3.20. The Morgan fingerprint density at radius 2 is 2.05 bits per heavy atom. The Hall–Kier alpha value is -2.13. The maximum Gasteiger partial charge on any atom is 0.269 e. The smallest absolute Gasteiger partial charge is 0.269 e. The Morgan fingerprint density at radius 3 is 2.62 bits per heavy atom. The molecular formula is C15H17N3O3. The second-order valence-electron chi connectivity index (χ2n) is 5.85. The molecule has 2 atom stereocenters. The molecule has 0 radical (unpaired) electrons. The lowest BCUT2D eigenvalue weighted by molar-refractivity contribution is -0.384. The van der Waals surface area contributed by atoms with Gasteiger partial charge in [-0.05, 0) is 37.8 Å². The summed E-state index contributed by atoms with van der Waals surface area (Å²) >= 11 is 0. The van der Waals surface area contributed by atoms with Gasteiger partial charge in [-0.15, -0.1) is 0 Å². The van der Waals surface area contributed by atoms with Crippen LogP contribution in [0.25, 0.3) is 0 Å². The Labute approximate surface area is 122 Å². The monoisotopic (exact) mass is 287 g/mol. The standard InChI is InChI=1S/C15H17N3O3/c16-10-15(17-11-1-2-11)8-7-14(9-15)21-13-5-3-12(4-6-13)18(19)20/h3-6,11,14,17H,1-2,7-9H2. The van der Waals surface area contributed by atoms with E-state index in [1.54, 1.807) is 12.1 Å². The van der Waals surface area contributed by atoms with Crippen molar-refractivity contribution in [3.05, 3.63) is 34.4 Å². The number of nitro benzene ring substituents is 1. The zero-order valence-electron chi connectivity index (χ0n) is 11.6. The fourth-order valence-corrected chi connectivity index (χ4v) is 2.82. The molecule has 1 aromatic rings. The number of nitrogens with one attached hydrogen (secondary N) is 1. The third kappa shape index (κ3) is 3.14. The van der Waals surface area contributed by atoms with Gasteiger partial charge in [-0.3, -0.25) is 15.4 Å². The van der Waals surface area contributed by atoms with Crippen molar-refractivity contribution in [1.29, 1.82) is 5.26 Å². The van der Waals surface area contributed by atoms with Gasteiger partial charge < -0.3 is 4.74 Å². The summed E-state index contributed by atoms with van der Waals surface area (Å²) in [4.78, 5) is 10.2. The summed E-state index contributed by atoms with van der Waals surface area (Å²) in [6, 6.07) is 8.99. The molecule has 0 saturated heterocycles. The first-order valence-corrected chi connectivity index (χ1v) is 7.20. The maximum absolute atomic E-state index is 10.6. The number of hydrogen-bond acceptors (Lipinski definition) is 5. The van der Waals surface area contributed by atoms with E-state index in [2.05, 4.69) is 11.4 Å². The van der Waals surface area contributed by atoms with Crippen molar-refractivity contribution in [2.75, 3.05) is 0 Å². The first-order chi connectivity index (χ1) is 10.1. The average molecular weight is 287 g/mol. The van der Waals surface area contributed by atoms with Gasteiger partial charge in [0.05, 0.1) is 11.0 Å². The molecule has 2 unspecified atom stereocenters. The minimum atomic E-state index is -0.466. The first kappa shape index (κ1) is 13.8. The van der Waals surface area contributed by atoms with Crippen LogP contribution < -0.4 is 10.1 Å². The number of non-ortho nitro benzene ring substituents is 1. The number of nitrogens with zero attached hydrogens (tertiary/aromatic N) is 2. The number of rotatable bonds is 5. The van der Waals surface area contributed by atoms with Crippen molar-refractivity contribution in [1.82, 2.24) is 5.32 Å². The van der Waals surface area contributed by atoms with E-state index in [9.17, 15) is 15.4 Å². The molecule has 3 rings (SSSR count). The van der Waals surface area contributed by atoms with Crippen molar-refractivity contribution < 1.29 is 9.66 Å². The molecule has 6 nitrogen and oxygen atoms in total. The van der Waals surface area contributed by atoms with Gasteiger partial charge in [-0.2, -0.15) is 5.26 Å². The van der Waals surface area contributed by atoms with Gasteiger partial charge in [0, 0.05) is 24.6 Å². The van der Waals surface area contributed by atoms with Gasteiger partial charge in [-0.25, -0.2) is 0 Å². The molecule has 21 heavy (non-hydrogen) atoms. The van der Waals surface area contributed by atoms with Gasteiger partial charge in [0.1, 0.15) is 17.4 Å². The molecule has 2 saturated carbocycles. The van der Waals surface area contributed by atoms with Crippen LogP contribution in [0.3, 0.4) is 0 Å². The van der Waals surface area contributed by atoms with E-state index in [4.69, 9.17) is 4.74 Å². The summed E-state index contributed by atoms with van der Waals surface area (Å²) in [7, 11) is 0. The predicted octanol–water partition coefficient (Wildman–Crippen LogP) is 2.54. The lowest BCUT2D eigenvalue weighted by Crippen LogP contribution is -2.43. The third-order valence-corrected chi connectivity index (χ3v) is 4.09.